The summed E-state index contributed by atoms with van der Waals surface area (Å²) < 4.78 is 27.7. The molecule has 11 heteroatoms. The molecule has 0 radical (unpaired) electrons. The van der Waals surface area contributed by atoms with Crippen molar-refractivity contribution in [2.24, 2.45) is 0 Å². The highest BCUT2D eigenvalue weighted by Crippen LogP contribution is 2.50. The third kappa shape index (κ3) is 6.66. The Morgan fingerprint density at radius 2 is 1.57 bits per heavy atom. The molecule has 4 rings (SSSR count). The lowest BCUT2D eigenvalue weighted by atomic mass is 9.95. The van der Waals surface area contributed by atoms with Crippen LogP contribution < -0.4 is 45.1 Å². The molecule has 0 unspecified atom stereocenters. The molecule has 3 aromatic carbocycles. The first-order valence-electron chi connectivity index (χ1n) is 14.2. The maximum Gasteiger partial charge on any atom is 0.242 e. The summed E-state index contributed by atoms with van der Waals surface area (Å²) in [4.78, 5) is 38.8. The summed E-state index contributed by atoms with van der Waals surface area (Å²) in [6.07, 6.45) is 1.13. The number of nitrogens with one attached hydrogen (secondary N) is 3. The fourth-order valence-corrected chi connectivity index (χ4v) is 5.46. The van der Waals surface area contributed by atoms with Crippen LogP contribution in [0.25, 0.3) is 11.1 Å². The van der Waals surface area contributed by atoms with Crippen molar-refractivity contribution < 1.29 is 33.3 Å². The largest absolute Gasteiger partial charge is 0.493 e. The highest BCUT2D eigenvalue weighted by molar-refractivity contribution is 5.85. The summed E-state index contributed by atoms with van der Waals surface area (Å²) in [5.41, 5.74) is 3.72. The molecule has 234 valence electrons. The first-order chi connectivity index (χ1) is 21.1. The van der Waals surface area contributed by atoms with Crippen molar-refractivity contribution >= 4 is 17.5 Å². The first-order valence-corrected chi connectivity index (χ1v) is 14.2. The minimum Gasteiger partial charge on any atom is -0.493 e. The molecule has 0 aromatic heterocycles. The number of carbonyl (C=O) groups excluding carboxylic acids is 2. The Kier molecular flexibility index (Phi) is 10.2. The average molecular weight is 606 g/mol. The second-order valence-electron chi connectivity index (χ2n) is 10.4. The predicted octanol–water partition coefficient (Wildman–Crippen LogP) is 4.00. The first kappa shape index (κ1) is 32.0. The number of fused-ring (bicyclic) bond motifs is 3. The van der Waals surface area contributed by atoms with Crippen molar-refractivity contribution in [1.29, 1.82) is 0 Å². The standard InChI is InChI=1S/C33H39N3O8/c1-18(33(39)34-17-20-8-13-27(40-3)28(14-20)41-4)35-25-12-10-22-23(16-26(25)38)24(36-19(2)37)11-9-21-15-29(42-5)31(43-6)32(44-7)30(21)22/h8,10,12-16,18,24H,9,11,17H2,1-7H3,(H,34,39)(H,35,38)(H,36,37)/t18-,24-/m0/s1. The Morgan fingerprint density at radius 1 is 0.864 bits per heavy atom. The van der Waals surface area contributed by atoms with Crippen LogP contribution in [0.5, 0.6) is 28.7 Å². The van der Waals surface area contributed by atoms with E-state index in [4.69, 9.17) is 23.7 Å². The Morgan fingerprint density at radius 3 is 2.20 bits per heavy atom. The van der Waals surface area contributed by atoms with Crippen molar-refractivity contribution in [1.82, 2.24) is 10.6 Å². The topological polar surface area (TPSA) is 133 Å². The molecule has 0 spiro atoms. The third-order valence-corrected chi connectivity index (χ3v) is 7.60. The van der Waals surface area contributed by atoms with Crippen molar-refractivity contribution in [3.63, 3.8) is 0 Å². The van der Waals surface area contributed by atoms with E-state index in [9.17, 15) is 14.4 Å². The Balaban J connectivity index is 1.69. The zero-order chi connectivity index (χ0) is 32.0. The van der Waals surface area contributed by atoms with E-state index < -0.39 is 12.1 Å². The molecule has 2 amide bonds. The molecular formula is C33H39N3O8. The van der Waals surface area contributed by atoms with Crippen molar-refractivity contribution in [3.05, 3.63) is 69.4 Å². The smallest absolute Gasteiger partial charge is 0.242 e. The number of carbonyl (C=O) groups is 2. The van der Waals surface area contributed by atoms with Gasteiger partial charge in [-0.3, -0.25) is 14.4 Å². The lowest BCUT2D eigenvalue weighted by molar-refractivity contribution is -0.122. The molecule has 0 fully saturated rings. The van der Waals surface area contributed by atoms with Gasteiger partial charge in [0.25, 0.3) is 0 Å². The second kappa shape index (κ2) is 14.0. The van der Waals surface area contributed by atoms with Gasteiger partial charge in [-0.1, -0.05) is 12.1 Å². The highest BCUT2D eigenvalue weighted by atomic mass is 16.5. The van der Waals surface area contributed by atoms with E-state index in [-0.39, 0.29) is 29.5 Å². The van der Waals surface area contributed by atoms with E-state index in [1.54, 1.807) is 59.6 Å². The number of aryl methyl sites for hydroxylation is 1. The molecule has 2 atom stereocenters. The van der Waals surface area contributed by atoms with E-state index in [2.05, 4.69) is 16.0 Å². The molecular weight excluding hydrogens is 566 g/mol. The molecule has 0 saturated carbocycles. The summed E-state index contributed by atoms with van der Waals surface area (Å²) in [6, 6.07) is 11.1. The molecule has 1 aliphatic rings. The van der Waals surface area contributed by atoms with Crippen LogP contribution in [-0.2, 0) is 22.6 Å². The van der Waals surface area contributed by atoms with Crippen molar-refractivity contribution in [2.75, 3.05) is 40.9 Å². The monoisotopic (exact) mass is 605 g/mol. The number of hydrogen-bond acceptors (Lipinski definition) is 9. The number of rotatable bonds is 11. The molecule has 0 heterocycles. The van der Waals surface area contributed by atoms with Gasteiger partial charge in [-0.15, -0.1) is 0 Å². The Labute approximate surface area is 256 Å². The fraction of sp³-hybridized carbons (Fsp3) is 0.364. The summed E-state index contributed by atoms with van der Waals surface area (Å²) >= 11 is 0. The third-order valence-electron chi connectivity index (χ3n) is 7.60. The Hall–Kier alpha value is -4.93. The molecule has 44 heavy (non-hydrogen) atoms. The number of ether oxygens (including phenoxy) is 5. The molecule has 11 nitrogen and oxygen atoms in total. The van der Waals surface area contributed by atoms with E-state index >= 15 is 0 Å². The van der Waals surface area contributed by atoms with Crippen LogP contribution in [0.3, 0.4) is 0 Å². The van der Waals surface area contributed by atoms with Crippen LogP contribution in [0.2, 0.25) is 0 Å². The van der Waals surface area contributed by atoms with Gasteiger partial charge in [0.2, 0.25) is 23.0 Å². The SMILES string of the molecule is COc1ccc(CNC(=O)[C@H](C)Nc2ccc3c(cc2=O)[C@@H](NC(C)=O)CCc2cc(OC)c(OC)c(OC)c2-3)cc1OC. The maximum absolute atomic E-state index is 13.6. The summed E-state index contributed by atoms with van der Waals surface area (Å²) in [5.74, 6) is 2.03. The molecule has 1 aliphatic carbocycles. The van der Waals surface area contributed by atoms with E-state index in [1.807, 2.05) is 12.1 Å². The molecule has 0 saturated heterocycles. The quantitative estimate of drug-likeness (QED) is 0.297. The van der Waals surface area contributed by atoms with Crippen LogP contribution in [0, 0.1) is 0 Å². The minimum atomic E-state index is -0.734. The Bertz CT molecular complexity index is 1610. The van der Waals surface area contributed by atoms with Crippen molar-refractivity contribution in [2.45, 2.75) is 45.3 Å². The summed E-state index contributed by atoms with van der Waals surface area (Å²) in [6.45, 7) is 3.38. The number of hydrogen-bond donors (Lipinski definition) is 3. The van der Waals surface area contributed by atoms with Crippen molar-refractivity contribution in [3.8, 4) is 39.9 Å². The van der Waals surface area contributed by atoms with Gasteiger partial charge in [0.15, 0.2) is 23.0 Å². The van der Waals surface area contributed by atoms with Crippen LogP contribution in [0.4, 0.5) is 5.69 Å². The van der Waals surface area contributed by atoms with Crippen LogP contribution in [0.1, 0.15) is 43.0 Å². The lowest BCUT2D eigenvalue weighted by Crippen LogP contribution is -2.38. The van der Waals surface area contributed by atoms with Gasteiger partial charge in [-0.05, 0) is 72.4 Å². The lowest BCUT2D eigenvalue weighted by Gasteiger charge is -2.19. The average Bonchev–Trinajstić information content (AvgIpc) is 3.26. The highest BCUT2D eigenvalue weighted by Gasteiger charge is 2.29. The minimum absolute atomic E-state index is 0.217. The van der Waals surface area contributed by atoms with Gasteiger partial charge in [-0.2, -0.15) is 0 Å². The molecule has 0 aliphatic heterocycles. The summed E-state index contributed by atoms with van der Waals surface area (Å²) in [5, 5.41) is 8.94. The maximum atomic E-state index is 13.6. The van der Waals surface area contributed by atoms with Gasteiger partial charge in [0.05, 0.1) is 47.3 Å². The zero-order valence-electron chi connectivity index (χ0n) is 26.1. The molecule has 0 bridgehead atoms. The van der Waals surface area contributed by atoms with Crippen LogP contribution in [0.15, 0.2) is 47.3 Å². The predicted molar refractivity (Wildman–Crippen MR) is 167 cm³/mol. The van der Waals surface area contributed by atoms with Gasteiger partial charge in [0.1, 0.15) is 6.04 Å². The number of amides is 2. The van der Waals surface area contributed by atoms with E-state index in [0.717, 1.165) is 16.7 Å². The number of anilines is 1. The fourth-order valence-electron chi connectivity index (χ4n) is 5.46. The summed E-state index contributed by atoms with van der Waals surface area (Å²) in [7, 11) is 7.74. The van der Waals surface area contributed by atoms with Crippen LogP contribution >= 0.6 is 0 Å². The molecule has 3 aromatic rings. The second-order valence-corrected chi connectivity index (χ2v) is 10.4. The van der Waals surface area contributed by atoms with Gasteiger partial charge < -0.3 is 39.6 Å². The number of methoxy groups -OCH3 is 5. The normalized spacial score (nSPS) is 14.1. The van der Waals surface area contributed by atoms with E-state index in [1.165, 1.54) is 20.1 Å². The van der Waals surface area contributed by atoms with E-state index in [0.29, 0.717) is 52.7 Å². The van der Waals surface area contributed by atoms with Crippen LogP contribution in [-0.4, -0.2) is 53.4 Å². The van der Waals surface area contributed by atoms with Gasteiger partial charge >= 0.3 is 0 Å². The van der Waals surface area contributed by atoms with Gasteiger partial charge in [0, 0.05) is 19.0 Å². The zero-order valence-corrected chi connectivity index (χ0v) is 26.1. The molecule has 3 N–H and O–H groups in total. The van der Waals surface area contributed by atoms with Gasteiger partial charge in [-0.25, -0.2) is 0 Å². The number of benzene rings is 2.